The van der Waals surface area contributed by atoms with E-state index in [0.717, 1.165) is 6.42 Å². The maximum absolute atomic E-state index is 13.0. The van der Waals surface area contributed by atoms with Gasteiger partial charge in [0, 0.05) is 23.5 Å². The minimum absolute atomic E-state index is 0.192. The van der Waals surface area contributed by atoms with Crippen LogP contribution < -0.4 is 15.4 Å². The molecule has 35 heavy (non-hydrogen) atoms. The highest BCUT2D eigenvalue weighted by Gasteiger charge is 2.36. The maximum atomic E-state index is 13.0. The van der Waals surface area contributed by atoms with Crippen LogP contribution in [0.2, 0.25) is 0 Å². The average molecular weight is 480 g/mol. The van der Waals surface area contributed by atoms with Crippen LogP contribution in [0, 0.1) is 5.92 Å². The summed E-state index contributed by atoms with van der Waals surface area (Å²) in [6, 6.07) is 13.0. The largest absolute Gasteiger partial charge is 0.497 e. The molecule has 8 nitrogen and oxygen atoms in total. The third kappa shape index (κ3) is 6.20. The highest BCUT2D eigenvalue weighted by molar-refractivity contribution is 6.04. The number of nitrogens with zero attached hydrogens (tertiary/aromatic N) is 1. The summed E-state index contributed by atoms with van der Waals surface area (Å²) < 4.78 is 10.7. The van der Waals surface area contributed by atoms with Crippen molar-refractivity contribution in [2.45, 2.75) is 40.2 Å². The summed E-state index contributed by atoms with van der Waals surface area (Å²) in [5.74, 6) is 0.162. The van der Waals surface area contributed by atoms with Gasteiger partial charge in [-0.25, -0.2) is 9.59 Å². The van der Waals surface area contributed by atoms with Gasteiger partial charge in [-0.2, -0.15) is 0 Å². The summed E-state index contributed by atoms with van der Waals surface area (Å²) in [5.41, 5.74) is 2.81. The Labute approximate surface area is 206 Å². The molecule has 0 saturated carbocycles. The molecule has 1 heterocycles. The van der Waals surface area contributed by atoms with E-state index in [9.17, 15) is 14.4 Å². The Morgan fingerprint density at radius 1 is 1.09 bits per heavy atom. The van der Waals surface area contributed by atoms with Gasteiger partial charge < -0.3 is 20.1 Å². The molecule has 0 fully saturated rings. The summed E-state index contributed by atoms with van der Waals surface area (Å²) >= 11 is 0. The Hall–Kier alpha value is -3.81. The van der Waals surface area contributed by atoms with Crippen LogP contribution in [-0.2, 0) is 9.53 Å². The van der Waals surface area contributed by atoms with Gasteiger partial charge in [0.05, 0.1) is 25.3 Å². The fourth-order valence-corrected chi connectivity index (χ4v) is 3.81. The predicted molar refractivity (Wildman–Crippen MR) is 134 cm³/mol. The number of anilines is 1. The first-order valence-corrected chi connectivity index (χ1v) is 11.8. The second kappa shape index (κ2) is 11.6. The number of carbonyl (C=O) groups excluding carboxylic acids is 3. The summed E-state index contributed by atoms with van der Waals surface area (Å²) in [6.45, 7) is 8.48. The summed E-state index contributed by atoms with van der Waals surface area (Å²) in [4.78, 5) is 40.0. The van der Waals surface area contributed by atoms with Crippen molar-refractivity contribution in [3.05, 3.63) is 70.9 Å². The molecule has 1 atom stereocenters. The molecule has 3 amide bonds. The Bertz CT molecular complexity index is 1090. The van der Waals surface area contributed by atoms with Gasteiger partial charge in [-0.3, -0.25) is 9.69 Å². The van der Waals surface area contributed by atoms with Crippen LogP contribution in [0.15, 0.2) is 59.8 Å². The maximum Gasteiger partial charge on any atom is 0.338 e. The highest BCUT2D eigenvalue weighted by Crippen LogP contribution is 2.32. The average Bonchev–Trinajstić information content (AvgIpc) is 2.85. The number of allylic oxidation sites excluding steroid dienone is 1. The molecular formula is C27H33N3O5. The van der Waals surface area contributed by atoms with E-state index in [0.29, 0.717) is 47.0 Å². The number of rotatable bonds is 9. The van der Waals surface area contributed by atoms with Crippen molar-refractivity contribution >= 4 is 23.6 Å². The van der Waals surface area contributed by atoms with E-state index in [-0.39, 0.29) is 17.9 Å². The molecule has 8 heteroatoms. The van der Waals surface area contributed by atoms with E-state index in [4.69, 9.17) is 9.47 Å². The number of nitrogens with one attached hydrogen (secondary N) is 2. The van der Waals surface area contributed by atoms with Crippen molar-refractivity contribution in [3.63, 3.8) is 0 Å². The zero-order valence-corrected chi connectivity index (χ0v) is 20.9. The van der Waals surface area contributed by atoms with E-state index in [1.807, 2.05) is 20.8 Å². The highest BCUT2D eigenvalue weighted by atomic mass is 16.5. The van der Waals surface area contributed by atoms with Gasteiger partial charge in [0.25, 0.3) is 5.91 Å². The molecule has 1 aliphatic rings. The second-order valence-corrected chi connectivity index (χ2v) is 8.83. The zero-order chi connectivity index (χ0) is 25.5. The van der Waals surface area contributed by atoms with Gasteiger partial charge in [0.15, 0.2) is 0 Å². The van der Waals surface area contributed by atoms with Gasteiger partial charge in [-0.1, -0.05) is 32.9 Å². The second-order valence-electron chi connectivity index (χ2n) is 8.83. The number of hydrogen-bond donors (Lipinski definition) is 2. The normalized spacial score (nSPS) is 15.7. The molecule has 0 aliphatic carbocycles. The topological polar surface area (TPSA) is 97.0 Å². The molecule has 0 bridgehead atoms. The minimum atomic E-state index is -0.651. The molecule has 0 spiro atoms. The van der Waals surface area contributed by atoms with E-state index in [2.05, 4.69) is 10.6 Å². The van der Waals surface area contributed by atoms with Gasteiger partial charge in [0.2, 0.25) is 0 Å². The first-order chi connectivity index (χ1) is 16.7. The first kappa shape index (κ1) is 25.8. The number of ether oxygens (including phenoxy) is 2. The lowest BCUT2D eigenvalue weighted by molar-refractivity contribution is -0.140. The van der Waals surface area contributed by atoms with Crippen LogP contribution in [0.1, 0.15) is 56.1 Å². The molecule has 2 aromatic rings. The summed E-state index contributed by atoms with van der Waals surface area (Å²) in [6.07, 6.45) is 0.756. The molecule has 2 N–H and O–H groups in total. The lowest BCUT2D eigenvalue weighted by Gasteiger charge is -2.35. The van der Waals surface area contributed by atoms with Crippen molar-refractivity contribution < 1.29 is 23.9 Å². The molecule has 0 saturated heterocycles. The Kier molecular flexibility index (Phi) is 8.52. The molecule has 1 aliphatic heterocycles. The Balaban J connectivity index is 1.83. The van der Waals surface area contributed by atoms with E-state index in [1.54, 1.807) is 67.5 Å². The fraction of sp³-hybridized carbons (Fsp3) is 0.370. The quantitative estimate of drug-likeness (QED) is 0.499. The van der Waals surface area contributed by atoms with Gasteiger partial charge >= 0.3 is 12.0 Å². The lowest BCUT2D eigenvalue weighted by atomic mass is 9.94. The van der Waals surface area contributed by atoms with Gasteiger partial charge in [-0.05, 0) is 61.2 Å². The van der Waals surface area contributed by atoms with E-state index in [1.165, 1.54) is 0 Å². The molecular weight excluding hydrogens is 446 g/mol. The minimum Gasteiger partial charge on any atom is -0.497 e. The Morgan fingerprint density at radius 2 is 1.74 bits per heavy atom. The van der Waals surface area contributed by atoms with Crippen molar-refractivity contribution in [1.29, 1.82) is 0 Å². The molecule has 0 aromatic heterocycles. The molecule has 2 aromatic carbocycles. The van der Waals surface area contributed by atoms with Gasteiger partial charge in [-0.15, -0.1) is 0 Å². The number of carbonyl (C=O) groups is 3. The Morgan fingerprint density at radius 3 is 2.31 bits per heavy atom. The number of methoxy groups -OCH3 is 1. The number of benzene rings is 2. The number of esters is 1. The van der Waals surface area contributed by atoms with Crippen molar-refractivity contribution in [1.82, 2.24) is 10.2 Å². The van der Waals surface area contributed by atoms with Crippen LogP contribution in [0.25, 0.3) is 0 Å². The van der Waals surface area contributed by atoms with Crippen LogP contribution in [-0.4, -0.2) is 43.1 Å². The van der Waals surface area contributed by atoms with E-state index >= 15 is 0 Å². The third-order valence-electron chi connectivity index (χ3n) is 5.67. The smallest absolute Gasteiger partial charge is 0.338 e. The molecule has 3 rings (SSSR count). The number of hydrogen-bond acceptors (Lipinski definition) is 5. The van der Waals surface area contributed by atoms with Crippen molar-refractivity contribution in [2.24, 2.45) is 5.92 Å². The zero-order valence-electron chi connectivity index (χ0n) is 20.9. The first-order valence-electron chi connectivity index (χ1n) is 11.8. The van der Waals surface area contributed by atoms with Crippen LogP contribution in [0.4, 0.5) is 10.5 Å². The van der Waals surface area contributed by atoms with Crippen molar-refractivity contribution in [3.8, 4) is 5.75 Å². The van der Waals surface area contributed by atoms with Crippen molar-refractivity contribution in [2.75, 3.05) is 25.6 Å². The molecule has 1 unspecified atom stereocenters. The predicted octanol–water partition coefficient (Wildman–Crippen LogP) is 4.90. The summed E-state index contributed by atoms with van der Waals surface area (Å²) in [7, 11) is 1.57. The summed E-state index contributed by atoms with van der Waals surface area (Å²) in [5, 5.41) is 5.80. The van der Waals surface area contributed by atoms with E-state index < -0.39 is 12.0 Å². The van der Waals surface area contributed by atoms with Crippen LogP contribution in [0.5, 0.6) is 5.75 Å². The molecule has 0 radical (unpaired) electrons. The number of urea groups is 1. The number of amides is 3. The monoisotopic (exact) mass is 479 g/mol. The lowest BCUT2D eigenvalue weighted by Crippen LogP contribution is -2.48. The standard InChI is InChI=1S/C27H33N3O5/c1-6-15-30-18(4)23(26(32)35-16-17(2)3)24(29-27(30)33)19-7-11-21(12-8-19)28-25(31)20-9-13-22(34-5)14-10-20/h7-14,17,24H,6,15-16H2,1-5H3,(H,28,31)(H,29,33). The molecule has 186 valence electrons. The third-order valence-corrected chi connectivity index (χ3v) is 5.67. The van der Waals surface area contributed by atoms with Gasteiger partial charge in [0.1, 0.15) is 5.75 Å². The van der Waals surface area contributed by atoms with Crippen LogP contribution >= 0.6 is 0 Å². The van der Waals surface area contributed by atoms with Crippen LogP contribution in [0.3, 0.4) is 0 Å². The fourth-order valence-electron chi connectivity index (χ4n) is 3.81. The SMILES string of the molecule is CCCN1C(=O)NC(c2ccc(NC(=O)c3ccc(OC)cc3)cc2)C(C(=O)OCC(C)C)=C1C.